The van der Waals surface area contributed by atoms with Crippen LogP contribution >= 0.6 is 7.92 Å². The van der Waals surface area contributed by atoms with Gasteiger partial charge in [-0.15, -0.1) is 0 Å². The molecule has 8 heteroatoms. The summed E-state index contributed by atoms with van der Waals surface area (Å²) in [4.78, 5) is 8.04. The van der Waals surface area contributed by atoms with Crippen molar-refractivity contribution < 1.29 is 14.0 Å². The van der Waals surface area contributed by atoms with Gasteiger partial charge in [0.15, 0.2) is 0 Å². The Balaban J connectivity index is 2.16. The molecule has 0 amide bonds. The fourth-order valence-corrected chi connectivity index (χ4v) is 1.98. The number of anilines is 2. The van der Waals surface area contributed by atoms with E-state index >= 15 is 0 Å². The summed E-state index contributed by atoms with van der Waals surface area (Å²) in [6.07, 6.45) is 0.528. The van der Waals surface area contributed by atoms with E-state index < -0.39 is 0 Å². The fraction of sp³-hybridized carbons (Fsp3) is 0.214. The zero-order chi connectivity index (χ0) is 15.8. The number of nitrogens with zero attached hydrogens (tertiary/aromatic N) is 2. The van der Waals surface area contributed by atoms with E-state index in [1.165, 1.54) is 0 Å². The van der Waals surface area contributed by atoms with E-state index in [0.29, 0.717) is 17.9 Å². The summed E-state index contributed by atoms with van der Waals surface area (Å²) in [6, 6.07) is 9.75. The van der Waals surface area contributed by atoms with Crippen LogP contribution in [0.3, 0.4) is 0 Å². The van der Waals surface area contributed by atoms with Crippen molar-refractivity contribution in [2.24, 2.45) is 0 Å². The Labute approximate surface area is 128 Å². The van der Waals surface area contributed by atoms with Gasteiger partial charge in [0.2, 0.25) is 0 Å². The predicted octanol–water partition coefficient (Wildman–Crippen LogP) is 1.84. The topological polar surface area (TPSA) is 113 Å². The molecular weight excluding hydrogens is 303 g/mol. The third-order valence-electron chi connectivity index (χ3n) is 2.77. The molecule has 7 nitrogen and oxygen atoms in total. The first-order valence-corrected chi connectivity index (χ1v) is 7.29. The summed E-state index contributed by atoms with van der Waals surface area (Å²) in [5, 5.41) is 0. The summed E-state index contributed by atoms with van der Waals surface area (Å²) >= 11 is 0. The van der Waals surface area contributed by atoms with Gasteiger partial charge in [0.25, 0.3) is 0 Å². The SMILES string of the molecule is Nc1nc(N)c(Cc2ccccc2)c(OCCOC#P=O)n1. The molecule has 0 aliphatic heterocycles. The minimum atomic E-state index is -0.309. The van der Waals surface area contributed by atoms with Crippen molar-refractivity contribution in [3.8, 4) is 11.7 Å². The van der Waals surface area contributed by atoms with E-state index in [1.807, 2.05) is 30.3 Å². The number of nitrogens with two attached hydrogens (primary N) is 2. The molecule has 2 rings (SSSR count). The van der Waals surface area contributed by atoms with Gasteiger partial charge >= 0.3 is 128 Å². The second-order valence-corrected chi connectivity index (χ2v) is 4.66. The van der Waals surface area contributed by atoms with E-state index in [9.17, 15) is 4.57 Å². The maximum atomic E-state index is 10.2. The molecule has 0 fully saturated rings. The Morgan fingerprint density at radius 1 is 1.14 bits per heavy atom. The molecule has 0 radical (unpaired) electrons. The van der Waals surface area contributed by atoms with Gasteiger partial charge in [0.1, 0.15) is 0 Å². The van der Waals surface area contributed by atoms with Crippen molar-refractivity contribution in [3.63, 3.8) is 0 Å². The summed E-state index contributed by atoms with van der Waals surface area (Å²) in [6.45, 7) is 0.379. The number of nitrogen functional groups attached to an aromatic ring is 2. The van der Waals surface area contributed by atoms with Gasteiger partial charge in [-0.2, -0.15) is 0 Å². The fourth-order valence-electron chi connectivity index (χ4n) is 1.83. The summed E-state index contributed by atoms with van der Waals surface area (Å²) in [5.41, 5.74) is 13.2. The third-order valence-corrected chi connectivity index (χ3v) is 2.97. The van der Waals surface area contributed by atoms with Gasteiger partial charge in [-0.25, -0.2) is 0 Å². The van der Waals surface area contributed by atoms with Crippen LogP contribution in [0.2, 0.25) is 0 Å². The van der Waals surface area contributed by atoms with Crippen molar-refractivity contribution >= 4 is 19.7 Å². The zero-order valence-electron chi connectivity index (χ0n) is 11.7. The van der Waals surface area contributed by atoms with E-state index in [1.54, 1.807) is 0 Å². The van der Waals surface area contributed by atoms with Crippen LogP contribution in [-0.2, 0) is 15.7 Å². The average Bonchev–Trinajstić information content (AvgIpc) is 2.51. The van der Waals surface area contributed by atoms with Crippen LogP contribution in [0.1, 0.15) is 11.1 Å². The number of aromatic nitrogens is 2. The van der Waals surface area contributed by atoms with Gasteiger partial charge < -0.3 is 0 Å². The van der Waals surface area contributed by atoms with Crippen LogP contribution in [0.5, 0.6) is 5.88 Å². The Hall–Kier alpha value is -2.33. The monoisotopic (exact) mass is 318 g/mol. The molecule has 0 atom stereocenters. The van der Waals surface area contributed by atoms with Crippen molar-refractivity contribution in [2.45, 2.75) is 6.42 Å². The maximum absolute atomic E-state index is 10.2. The normalized spacial score (nSPS) is 10.0. The summed E-state index contributed by atoms with van der Waals surface area (Å²) in [7, 11) is -0.309. The molecule has 0 bridgehead atoms. The number of hydrogen-bond acceptors (Lipinski definition) is 7. The van der Waals surface area contributed by atoms with Crippen molar-refractivity contribution in [1.29, 1.82) is 0 Å². The third kappa shape index (κ3) is 4.60. The number of rotatable bonds is 6. The molecule has 0 spiro atoms. The first-order valence-electron chi connectivity index (χ1n) is 6.48. The van der Waals surface area contributed by atoms with Crippen LogP contribution in [0.25, 0.3) is 0 Å². The second-order valence-electron chi connectivity index (χ2n) is 4.29. The van der Waals surface area contributed by atoms with Crippen LogP contribution in [0.15, 0.2) is 30.3 Å². The molecule has 1 aromatic heterocycles. The summed E-state index contributed by atoms with van der Waals surface area (Å²) in [5.74, 6) is 2.81. The van der Waals surface area contributed by atoms with Gasteiger partial charge in [-0.05, 0) is 0 Å². The molecule has 22 heavy (non-hydrogen) atoms. The standard InChI is InChI=1S/C14H15N4O3P/c15-12-11(8-10-4-2-1-3-5-10)13(18-14(16)17-12)21-7-6-20-9-22-19/h1-5H,6-8H2,(H4,15,16,17,18). The van der Waals surface area contributed by atoms with Crippen molar-refractivity contribution in [2.75, 3.05) is 24.7 Å². The number of benzene rings is 1. The molecule has 0 aliphatic rings. The minimum absolute atomic E-state index is 0.0430. The Morgan fingerprint density at radius 3 is 2.64 bits per heavy atom. The molecule has 2 aromatic rings. The van der Waals surface area contributed by atoms with E-state index in [-0.39, 0.29) is 32.9 Å². The molecule has 1 heterocycles. The van der Waals surface area contributed by atoms with Gasteiger partial charge in [-0.1, -0.05) is 0 Å². The van der Waals surface area contributed by atoms with Crippen LogP contribution < -0.4 is 16.2 Å². The van der Waals surface area contributed by atoms with Crippen LogP contribution in [0.4, 0.5) is 11.8 Å². The van der Waals surface area contributed by atoms with Gasteiger partial charge in [0, 0.05) is 0 Å². The van der Waals surface area contributed by atoms with Crippen LogP contribution in [-0.4, -0.2) is 23.2 Å². The zero-order valence-corrected chi connectivity index (χ0v) is 12.6. The number of hydrogen-bond donors (Lipinski definition) is 2. The average molecular weight is 318 g/mol. The molecule has 0 saturated carbocycles. The molecule has 1 aromatic carbocycles. The summed E-state index contributed by atoms with van der Waals surface area (Å²) < 4.78 is 20.5. The van der Waals surface area contributed by atoms with Crippen LogP contribution in [0, 0.1) is 5.81 Å². The van der Waals surface area contributed by atoms with Gasteiger partial charge in [0.05, 0.1) is 0 Å². The quantitative estimate of drug-likeness (QED) is 0.617. The van der Waals surface area contributed by atoms with Crippen molar-refractivity contribution in [1.82, 2.24) is 9.97 Å². The van der Waals surface area contributed by atoms with Gasteiger partial charge in [-0.3, -0.25) is 0 Å². The first-order chi connectivity index (χ1) is 10.7. The molecule has 4 N–H and O–H groups in total. The van der Waals surface area contributed by atoms with E-state index in [4.69, 9.17) is 20.9 Å². The Morgan fingerprint density at radius 2 is 1.91 bits per heavy atom. The molecule has 114 valence electrons. The van der Waals surface area contributed by atoms with E-state index in [2.05, 4.69) is 15.8 Å². The number of ether oxygens (including phenoxy) is 2. The van der Waals surface area contributed by atoms with Crippen molar-refractivity contribution in [3.05, 3.63) is 41.5 Å². The Kier molecular flexibility index (Phi) is 5.98. The second kappa shape index (κ2) is 8.20. The van der Waals surface area contributed by atoms with E-state index in [0.717, 1.165) is 5.56 Å². The molecule has 0 saturated heterocycles. The predicted molar refractivity (Wildman–Crippen MR) is 83.0 cm³/mol. The first kappa shape index (κ1) is 16.0. The molecule has 0 unspecified atom stereocenters. The molecule has 0 aliphatic carbocycles. The molecular formula is C14H15N4O3P. The Bertz CT molecular complexity index is 734.